The lowest BCUT2D eigenvalue weighted by Crippen LogP contribution is -2.54. The van der Waals surface area contributed by atoms with Crippen LogP contribution in [0.15, 0.2) is 42.2 Å². The summed E-state index contributed by atoms with van der Waals surface area (Å²) in [5.41, 5.74) is 0.181. The molecule has 2 unspecified atom stereocenters. The summed E-state index contributed by atoms with van der Waals surface area (Å²) in [5, 5.41) is 22.4. The van der Waals surface area contributed by atoms with E-state index >= 15 is 4.39 Å². The average molecular weight is 866 g/mol. The molecule has 20 heteroatoms. The lowest BCUT2D eigenvalue weighted by Gasteiger charge is -2.30. The van der Waals surface area contributed by atoms with Gasteiger partial charge in [-0.15, -0.1) is 0 Å². The van der Waals surface area contributed by atoms with Crippen molar-refractivity contribution in [1.29, 1.82) is 0 Å². The van der Waals surface area contributed by atoms with Crippen LogP contribution in [0, 0.1) is 5.82 Å². The highest BCUT2D eigenvalue weighted by molar-refractivity contribution is 6.33. The van der Waals surface area contributed by atoms with Gasteiger partial charge in [-0.05, 0) is 37.1 Å². The zero-order chi connectivity index (χ0) is 43.2. The van der Waals surface area contributed by atoms with Crippen molar-refractivity contribution in [2.75, 3.05) is 94.8 Å². The van der Waals surface area contributed by atoms with Crippen molar-refractivity contribution in [3.8, 4) is 0 Å². The highest BCUT2D eigenvalue weighted by Gasteiger charge is 2.45. The number of allylic oxidation sites excluding steroid dienone is 2. The van der Waals surface area contributed by atoms with Gasteiger partial charge in [-0.3, -0.25) is 34.2 Å². The Labute approximate surface area is 354 Å². The number of piperazine rings is 1. The first-order valence-electron chi connectivity index (χ1n) is 20.1. The zero-order valence-electron chi connectivity index (χ0n) is 33.4. The second-order valence-electron chi connectivity index (χ2n) is 14.8. The third-order valence-corrected chi connectivity index (χ3v) is 11.1. The minimum Gasteiger partial charge on any atom is -0.388 e. The summed E-state index contributed by atoms with van der Waals surface area (Å²) in [6.45, 7) is 4.32. The number of aliphatic hydroxyl groups excluding tert-OH is 1. The second kappa shape index (κ2) is 19.4. The van der Waals surface area contributed by atoms with E-state index in [-0.39, 0.29) is 103 Å². The lowest BCUT2D eigenvalue weighted by molar-refractivity contribution is -0.136. The van der Waals surface area contributed by atoms with Gasteiger partial charge in [0.2, 0.25) is 23.7 Å². The molecule has 2 saturated heterocycles. The summed E-state index contributed by atoms with van der Waals surface area (Å²) >= 11 is 6.55. The largest absolute Gasteiger partial charge is 0.388 e. The van der Waals surface area contributed by atoms with Gasteiger partial charge in [-0.25, -0.2) is 13.8 Å². The number of aliphatic hydroxyl groups is 1. The zero-order valence-corrected chi connectivity index (χ0v) is 34.2. The Morgan fingerprint density at radius 2 is 1.79 bits per heavy atom. The fraction of sp³-hybridized carbons (Fsp3) is 0.439. The van der Waals surface area contributed by atoms with Gasteiger partial charge in [0.1, 0.15) is 23.2 Å². The quantitative estimate of drug-likeness (QED) is 0.0978. The number of halogens is 3. The van der Waals surface area contributed by atoms with Crippen molar-refractivity contribution in [3.05, 3.63) is 69.8 Å². The maximum atomic E-state index is 16.3. The van der Waals surface area contributed by atoms with E-state index < -0.39 is 47.4 Å². The first-order chi connectivity index (χ1) is 29.4. The third-order valence-electron chi connectivity index (χ3n) is 10.8. The Bertz CT molecular complexity index is 2290. The SMILES string of the molecule is CN(CCOCCOCCNc1cccc2c1C(=O)N(C1CCC(=O)NC1=O)C2=O)C(=O)CCNc1nc(N2CCNCC2)c2cc(Cl)c(C3=C(F)C=CCC3O)c(F)c2n1. The summed E-state index contributed by atoms with van der Waals surface area (Å²) in [7, 11) is 1.65. The minimum absolute atomic E-state index is 0.0341. The number of aromatic nitrogens is 2. The normalized spacial score (nSPS) is 19.2. The van der Waals surface area contributed by atoms with E-state index in [0.717, 1.165) is 4.90 Å². The molecule has 3 aromatic rings. The maximum Gasteiger partial charge on any atom is 0.264 e. The number of likely N-dealkylation sites (N-methyl/N-ethyl adjacent to an activating group) is 1. The number of ether oxygens (including phenoxy) is 2. The fourth-order valence-corrected chi connectivity index (χ4v) is 7.91. The van der Waals surface area contributed by atoms with E-state index in [9.17, 15) is 33.5 Å². The molecule has 61 heavy (non-hydrogen) atoms. The number of imide groups is 2. The molecule has 7 rings (SSSR count). The van der Waals surface area contributed by atoms with Crippen LogP contribution < -0.4 is 26.2 Å². The van der Waals surface area contributed by atoms with Crippen LogP contribution in [0.25, 0.3) is 16.5 Å². The predicted octanol–water partition coefficient (Wildman–Crippen LogP) is 2.64. The highest BCUT2D eigenvalue weighted by atomic mass is 35.5. The van der Waals surface area contributed by atoms with Gasteiger partial charge in [0.15, 0.2) is 5.82 Å². The van der Waals surface area contributed by atoms with Crippen molar-refractivity contribution < 1.29 is 47.3 Å². The maximum absolute atomic E-state index is 16.3. The van der Waals surface area contributed by atoms with Crippen LogP contribution >= 0.6 is 11.6 Å². The molecular formula is C41H46ClF2N9O8. The number of nitrogens with one attached hydrogen (secondary N) is 4. The number of carbonyl (C=O) groups excluding carboxylic acids is 5. The number of piperidine rings is 1. The van der Waals surface area contributed by atoms with Crippen molar-refractivity contribution >= 4 is 75.1 Å². The lowest BCUT2D eigenvalue weighted by atomic mass is 9.92. The Balaban J connectivity index is 0.850. The second-order valence-corrected chi connectivity index (χ2v) is 15.2. The van der Waals surface area contributed by atoms with Crippen LogP contribution in [0.2, 0.25) is 5.02 Å². The van der Waals surface area contributed by atoms with E-state index in [1.807, 2.05) is 4.90 Å². The van der Waals surface area contributed by atoms with Gasteiger partial charge < -0.3 is 40.3 Å². The van der Waals surface area contributed by atoms with Crippen molar-refractivity contribution in [2.45, 2.75) is 37.8 Å². The van der Waals surface area contributed by atoms with Gasteiger partial charge in [-0.2, -0.15) is 4.98 Å². The molecule has 0 spiro atoms. The third kappa shape index (κ3) is 9.50. The van der Waals surface area contributed by atoms with Crippen molar-refractivity contribution in [3.63, 3.8) is 0 Å². The molecule has 5 N–H and O–H groups in total. The monoisotopic (exact) mass is 865 g/mol. The average Bonchev–Trinajstić information content (AvgIpc) is 3.50. The number of amides is 5. The number of hydrogen-bond acceptors (Lipinski definition) is 14. The minimum atomic E-state index is -1.28. The van der Waals surface area contributed by atoms with E-state index in [2.05, 4.69) is 31.2 Å². The first-order valence-corrected chi connectivity index (χ1v) is 20.4. The summed E-state index contributed by atoms with van der Waals surface area (Å²) < 4.78 is 42.5. The topological polar surface area (TPSA) is 208 Å². The Morgan fingerprint density at radius 3 is 2.54 bits per heavy atom. The number of nitrogens with zero attached hydrogens (tertiary/aromatic N) is 5. The predicted molar refractivity (Wildman–Crippen MR) is 221 cm³/mol. The Hall–Kier alpha value is -5.60. The van der Waals surface area contributed by atoms with E-state index in [4.69, 9.17) is 21.1 Å². The summed E-state index contributed by atoms with van der Waals surface area (Å²) in [6, 6.07) is 5.27. The molecule has 5 amide bonds. The van der Waals surface area contributed by atoms with Gasteiger partial charge in [0.05, 0.1) is 48.7 Å². The van der Waals surface area contributed by atoms with Crippen LogP contribution in [0.4, 0.5) is 26.2 Å². The molecular weight excluding hydrogens is 820 g/mol. The summed E-state index contributed by atoms with van der Waals surface area (Å²) in [4.78, 5) is 76.7. The van der Waals surface area contributed by atoms with E-state index in [0.29, 0.717) is 56.2 Å². The van der Waals surface area contributed by atoms with Gasteiger partial charge in [0, 0.05) is 87.9 Å². The van der Waals surface area contributed by atoms with E-state index in [1.165, 1.54) is 29.2 Å². The molecule has 2 atom stereocenters. The molecule has 324 valence electrons. The van der Waals surface area contributed by atoms with Crippen LogP contribution in [-0.4, -0.2) is 146 Å². The smallest absolute Gasteiger partial charge is 0.264 e. The molecule has 4 aliphatic rings. The van der Waals surface area contributed by atoms with Crippen molar-refractivity contribution in [2.24, 2.45) is 0 Å². The van der Waals surface area contributed by atoms with Crippen LogP contribution in [0.5, 0.6) is 0 Å². The van der Waals surface area contributed by atoms with Gasteiger partial charge >= 0.3 is 0 Å². The number of carbonyl (C=O) groups is 5. The first kappa shape index (κ1) is 43.5. The summed E-state index contributed by atoms with van der Waals surface area (Å²) in [5.74, 6) is -3.63. The van der Waals surface area contributed by atoms with Crippen molar-refractivity contribution in [1.82, 2.24) is 30.4 Å². The van der Waals surface area contributed by atoms with Crippen LogP contribution in [0.3, 0.4) is 0 Å². The van der Waals surface area contributed by atoms with Crippen LogP contribution in [0.1, 0.15) is 52.0 Å². The molecule has 1 aromatic heterocycles. The number of rotatable bonds is 17. The fourth-order valence-electron chi connectivity index (χ4n) is 7.62. The molecule has 1 aliphatic carbocycles. The Morgan fingerprint density at radius 1 is 1.02 bits per heavy atom. The molecule has 0 radical (unpaired) electrons. The van der Waals surface area contributed by atoms with Gasteiger partial charge in [0.25, 0.3) is 11.8 Å². The number of hydrogen-bond donors (Lipinski definition) is 5. The highest BCUT2D eigenvalue weighted by Crippen LogP contribution is 2.40. The summed E-state index contributed by atoms with van der Waals surface area (Å²) in [6.07, 6.45) is 1.64. The molecule has 3 aliphatic heterocycles. The molecule has 4 heterocycles. The molecule has 0 bridgehead atoms. The molecule has 17 nitrogen and oxygen atoms in total. The standard InChI is InChI=1S/C41H46ClF2N9O8/c1-51(17-19-61-21-20-60-18-14-46-27-6-2-4-23-32(27)40(59)53(39(23)58)28-8-9-30(55)48-38(28)57)31(56)10-11-47-41-49-36-24(37(50-41)52-15-12-45-13-16-52)22-25(42)33(35(36)44)34-26(43)5-3-7-29(34)54/h2-6,22,28-29,45-46,54H,7-21H2,1H3,(H,47,49,50)(H,48,55,57). The Kier molecular flexibility index (Phi) is 13.8. The number of fused-ring (bicyclic) bond motifs is 2. The molecule has 0 saturated carbocycles. The van der Waals surface area contributed by atoms with Crippen LogP contribution in [-0.2, 0) is 23.9 Å². The molecule has 2 aromatic carbocycles. The number of benzene rings is 2. The van der Waals surface area contributed by atoms with Gasteiger partial charge in [-0.1, -0.05) is 23.7 Å². The van der Waals surface area contributed by atoms with E-state index in [1.54, 1.807) is 19.2 Å². The molecule has 2 fully saturated rings. The number of anilines is 3.